The Labute approximate surface area is 272 Å². The Morgan fingerprint density at radius 2 is 1.53 bits per heavy atom. The SMILES string of the molecule is COc1ccc(Cn2ccc(C)c(NC(=O)[C@H](Cc3ccc(CS(=O)(=O)O)cc3)NC(=O)Cc3cccc4ccccc34)c2=O)cc1. The summed E-state index contributed by atoms with van der Waals surface area (Å²) < 4.78 is 38.5. The lowest BCUT2D eigenvalue weighted by molar-refractivity contribution is -0.126. The summed E-state index contributed by atoms with van der Waals surface area (Å²) in [4.78, 5) is 40.8. The Kier molecular flexibility index (Phi) is 10.2. The molecule has 0 saturated carbocycles. The molecule has 3 N–H and O–H groups in total. The van der Waals surface area contributed by atoms with Crippen LogP contribution < -0.4 is 20.9 Å². The Bertz CT molecular complexity index is 2070. The maximum atomic E-state index is 13.8. The lowest BCUT2D eigenvalue weighted by Crippen LogP contribution is -2.46. The van der Waals surface area contributed by atoms with Crippen LogP contribution in [-0.2, 0) is 44.8 Å². The van der Waals surface area contributed by atoms with Gasteiger partial charge < -0.3 is 19.9 Å². The number of anilines is 1. The minimum absolute atomic E-state index is 0.0253. The molecule has 0 aliphatic heterocycles. The summed E-state index contributed by atoms with van der Waals surface area (Å²) in [5, 5.41) is 7.53. The highest BCUT2D eigenvalue weighted by atomic mass is 32.2. The molecule has 0 bridgehead atoms. The van der Waals surface area contributed by atoms with Crippen LogP contribution in [0.4, 0.5) is 5.69 Å². The number of rotatable bonds is 12. The molecule has 0 radical (unpaired) electrons. The van der Waals surface area contributed by atoms with Gasteiger partial charge in [0.15, 0.2) is 0 Å². The van der Waals surface area contributed by atoms with Crippen molar-refractivity contribution >= 4 is 38.4 Å². The number of aryl methyl sites for hydroxylation is 1. The van der Waals surface area contributed by atoms with Gasteiger partial charge in [-0.3, -0.25) is 18.9 Å². The Hall–Kier alpha value is -5.26. The predicted octanol–water partition coefficient (Wildman–Crippen LogP) is 4.66. The normalized spacial score (nSPS) is 12.0. The zero-order valence-electron chi connectivity index (χ0n) is 26.0. The van der Waals surface area contributed by atoms with Crippen molar-refractivity contribution < 1.29 is 27.3 Å². The minimum atomic E-state index is -4.22. The molecule has 0 saturated heterocycles. The zero-order chi connectivity index (χ0) is 33.6. The van der Waals surface area contributed by atoms with Gasteiger partial charge in [-0.2, -0.15) is 8.42 Å². The van der Waals surface area contributed by atoms with E-state index in [1.807, 2.05) is 54.6 Å². The molecular weight excluding hydrogens is 618 g/mol. The largest absolute Gasteiger partial charge is 0.497 e. The lowest BCUT2D eigenvalue weighted by Gasteiger charge is -2.20. The highest BCUT2D eigenvalue weighted by Crippen LogP contribution is 2.20. The fourth-order valence-corrected chi connectivity index (χ4v) is 5.99. The smallest absolute Gasteiger partial charge is 0.274 e. The van der Waals surface area contributed by atoms with Gasteiger partial charge in [-0.15, -0.1) is 0 Å². The summed E-state index contributed by atoms with van der Waals surface area (Å²) in [5.74, 6) is -0.818. The fourth-order valence-electron chi connectivity index (χ4n) is 5.37. The number of fused-ring (bicyclic) bond motifs is 1. The van der Waals surface area contributed by atoms with Gasteiger partial charge in [-0.1, -0.05) is 78.9 Å². The van der Waals surface area contributed by atoms with Gasteiger partial charge in [0.1, 0.15) is 23.2 Å². The highest BCUT2D eigenvalue weighted by molar-refractivity contribution is 7.85. The number of aromatic nitrogens is 1. The molecule has 10 nitrogen and oxygen atoms in total. The van der Waals surface area contributed by atoms with Crippen molar-refractivity contribution in [3.8, 4) is 5.75 Å². The molecule has 4 aromatic carbocycles. The molecule has 1 heterocycles. The van der Waals surface area contributed by atoms with Crippen LogP contribution >= 0.6 is 0 Å². The fraction of sp³-hybridized carbons (Fsp3) is 0.194. The molecule has 0 fully saturated rings. The summed E-state index contributed by atoms with van der Waals surface area (Å²) in [6.45, 7) is 1.99. The standard InChI is InChI=1S/C36H35N3O7S/c1-24-18-19-39(22-26-14-16-30(46-2)17-15-26)36(42)34(24)38-35(41)32(20-25-10-12-27(13-11-25)23-47(43,44)45)37-33(40)21-29-8-5-7-28-6-3-4-9-31(28)29/h3-19,32H,20-23H2,1-2H3,(H,37,40)(H,38,41)(H,43,44,45)/t32-/m0/s1. The number of carbonyl (C=O) groups is 2. The van der Waals surface area contributed by atoms with Crippen LogP contribution in [0.1, 0.15) is 27.8 Å². The van der Waals surface area contributed by atoms with E-state index >= 15 is 0 Å². The van der Waals surface area contributed by atoms with Gasteiger partial charge in [0.05, 0.1) is 20.1 Å². The van der Waals surface area contributed by atoms with Crippen LogP contribution in [0.25, 0.3) is 10.8 Å². The number of hydrogen-bond donors (Lipinski definition) is 3. The van der Waals surface area contributed by atoms with E-state index in [4.69, 9.17) is 4.74 Å². The van der Waals surface area contributed by atoms with Crippen LogP contribution in [0.15, 0.2) is 108 Å². The third kappa shape index (κ3) is 8.72. The quantitative estimate of drug-likeness (QED) is 0.166. The van der Waals surface area contributed by atoms with E-state index in [0.29, 0.717) is 22.4 Å². The van der Waals surface area contributed by atoms with Crippen LogP contribution in [0.3, 0.4) is 0 Å². The first kappa shape index (κ1) is 33.1. The first-order valence-corrected chi connectivity index (χ1v) is 16.5. The number of methoxy groups -OCH3 is 1. The molecule has 1 aromatic heterocycles. The van der Waals surface area contributed by atoms with E-state index in [2.05, 4.69) is 10.6 Å². The Morgan fingerprint density at radius 1 is 0.872 bits per heavy atom. The number of nitrogens with zero attached hydrogens (tertiary/aromatic N) is 1. The molecule has 47 heavy (non-hydrogen) atoms. The van der Waals surface area contributed by atoms with Gasteiger partial charge >= 0.3 is 0 Å². The molecule has 0 aliphatic rings. The first-order chi connectivity index (χ1) is 22.5. The second-order valence-electron chi connectivity index (χ2n) is 11.3. The van der Waals surface area contributed by atoms with E-state index in [9.17, 15) is 27.4 Å². The molecule has 242 valence electrons. The van der Waals surface area contributed by atoms with Gasteiger partial charge in [0.2, 0.25) is 11.8 Å². The van der Waals surface area contributed by atoms with Crippen molar-refractivity contribution in [2.24, 2.45) is 0 Å². The Morgan fingerprint density at radius 3 is 2.23 bits per heavy atom. The summed E-state index contributed by atoms with van der Waals surface area (Å²) >= 11 is 0. The topological polar surface area (TPSA) is 144 Å². The van der Waals surface area contributed by atoms with Crippen LogP contribution in [-0.4, -0.2) is 42.5 Å². The van der Waals surface area contributed by atoms with Crippen molar-refractivity contribution in [1.29, 1.82) is 0 Å². The molecule has 0 unspecified atom stereocenters. The van der Waals surface area contributed by atoms with Crippen molar-refractivity contribution in [1.82, 2.24) is 9.88 Å². The number of carbonyl (C=O) groups excluding carboxylic acids is 2. The Balaban J connectivity index is 1.39. The van der Waals surface area contributed by atoms with E-state index in [-0.39, 0.29) is 31.0 Å². The highest BCUT2D eigenvalue weighted by Gasteiger charge is 2.24. The number of amides is 2. The second kappa shape index (κ2) is 14.4. The average Bonchev–Trinajstić information content (AvgIpc) is 3.04. The molecule has 0 spiro atoms. The van der Waals surface area contributed by atoms with Crippen LogP contribution in [0, 0.1) is 6.92 Å². The number of pyridine rings is 1. The van der Waals surface area contributed by atoms with Crippen molar-refractivity contribution in [3.63, 3.8) is 0 Å². The van der Waals surface area contributed by atoms with Gasteiger partial charge in [-0.05, 0) is 63.7 Å². The van der Waals surface area contributed by atoms with Gasteiger partial charge in [0.25, 0.3) is 15.7 Å². The maximum Gasteiger partial charge on any atom is 0.274 e. The second-order valence-corrected chi connectivity index (χ2v) is 12.8. The monoisotopic (exact) mass is 653 g/mol. The average molecular weight is 654 g/mol. The molecule has 1 atom stereocenters. The maximum absolute atomic E-state index is 13.8. The van der Waals surface area contributed by atoms with E-state index < -0.39 is 33.4 Å². The van der Waals surface area contributed by atoms with Crippen LogP contribution in [0.2, 0.25) is 0 Å². The summed E-state index contributed by atoms with van der Waals surface area (Å²) in [7, 11) is -2.64. The summed E-state index contributed by atoms with van der Waals surface area (Å²) in [6.07, 6.45) is 1.75. The summed E-state index contributed by atoms with van der Waals surface area (Å²) in [5.41, 5.74) is 2.93. The predicted molar refractivity (Wildman–Crippen MR) is 181 cm³/mol. The minimum Gasteiger partial charge on any atom is -0.497 e. The van der Waals surface area contributed by atoms with Crippen molar-refractivity contribution in [2.75, 3.05) is 12.4 Å². The van der Waals surface area contributed by atoms with Crippen molar-refractivity contribution in [3.05, 3.63) is 141 Å². The van der Waals surface area contributed by atoms with E-state index in [1.165, 1.54) is 16.7 Å². The number of hydrogen-bond acceptors (Lipinski definition) is 6. The first-order valence-electron chi connectivity index (χ1n) is 14.9. The molecular formula is C36H35N3O7S. The third-order valence-electron chi connectivity index (χ3n) is 7.83. The molecule has 0 aliphatic carbocycles. The summed E-state index contributed by atoms with van der Waals surface area (Å²) in [6, 6.07) is 27.7. The number of nitrogens with one attached hydrogen (secondary N) is 2. The lowest BCUT2D eigenvalue weighted by atomic mass is 10.0. The van der Waals surface area contributed by atoms with Gasteiger partial charge in [0, 0.05) is 12.6 Å². The zero-order valence-corrected chi connectivity index (χ0v) is 26.8. The van der Waals surface area contributed by atoms with E-state index in [1.54, 1.807) is 50.6 Å². The molecule has 5 aromatic rings. The molecule has 5 rings (SSSR count). The molecule has 2 amide bonds. The van der Waals surface area contributed by atoms with Crippen LogP contribution in [0.5, 0.6) is 5.75 Å². The third-order valence-corrected chi connectivity index (χ3v) is 8.53. The molecule has 11 heteroatoms. The number of ether oxygens (including phenoxy) is 1. The number of benzene rings is 4. The van der Waals surface area contributed by atoms with E-state index in [0.717, 1.165) is 21.9 Å². The van der Waals surface area contributed by atoms with Gasteiger partial charge in [-0.25, -0.2) is 0 Å². The van der Waals surface area contributed by atoms with Crippen molar-refractivity contribution in [2.45, 2.75) is 38.1 Å².